The predicted octanol–water partition coefficient (Wildman–Crippen LogP) is 1.29. The van der Waals surface area contributed by atoms with E-state index in [4.69, 9.17) is 4.74 Å². The normalized spacial score (nSPS) is 9.75. The van der Waals surface area contributed by atoms with Crippen LogP contribution in [0.5, 0.6) is 5.75 Å². The highest BCUT2D eigenvalue weighted by atomic mass is 16.6. The Balaban J connectivity index is 2.53. The third-order valence-electron chi connectivity index (χ3n) is 2.51. The topological polar surface area (TPSA) is 96.7 Å². The maximum atomic E-state index is 11.3. The van der Waals surface area contributed by atoms with Gasteiger partial charge in [-0.05, 0) is 6.07 Å². The Morgan fingerprint density at radius 1 is 1.40 bits per heavy atom. The van der Waals surface area contributed by atoms with Gasteiger partial charge in [-0.1, -0.05) is 0 Å². The van der Waals surface area contributed by atoms with Gasteiger partial charge in [-0.2, -0.15) is 0 Å². The van der Waals surface area contributed by atoms with Gasteiger partial charge in [0.2, 0.25) is 0 Å². The first kappa shape index (κ1) is 15.5. The number of nitrogens with zero attached hydrogens (tertiary/aromatic N) is 2. The number of ether oxygens (including phenoxy) is 1. The van der Waals surface area contributed by atoms with Crippen molar-refractivity contribution in [2.24, 2.45) is 0 Å². The first-order valence-electron chi connectivity index (χ1n) is 5.97. The first-order valence-corrected chi connectivity index (χ1v) is 5.97. The summed E-state index contributed by atoms with van der Waals surface area (Å²) in [4.78, 5) is 22.9. The van der Waals surface area contributed by atoms with E-state index < -0.39 is 4.92 Å². The lowest BCUT2D eigenvalue weighted by molar-refractivity contribution is -0.385. The molecule has 0 fully saturated rings. The summed E-state index contributed by atoms with van der Waals surface area (Å²) in [6.07, 6.45) is 0. The van der Waals surface area contributed by atoms with Gasteiger partial charge in [-0.15, -0.1) is 0 Å². The number of carbonyl (C=O) groups is 1. The molecule has 0 radical (unpaired) electrons. The van der Waals surface area contributed by atoms with Crippen molar-refractivity contribution in [3.63, 3.8) is 0 Å². The zero-order valence-corrected chi connectivity index (χ0v) is 11.7. The van der Waals surface area contributed by atoms with E-state index in [-0.39, 0.29) is 17.5 Å². The molecule has 0 spiro atoms. The molecular weight excluding hydrogens is 264 g/mol. The minimum absolute atomic E-state index is 0.0843. The van der Waals surface area contributed by atoms with E-state index in [2.05, 4.69) is 10.6 Å². The second kappa shape index (κ2) is 7.17. The van der Waals surface area contributed by atoms with E-state index in [1.807, 2.05) is 0 Å². The molecule has 0 saturated carbocycles. The number of urea groups is 1. The SMILES string of the molecule is COc1cc(NCCNC(=O)N(C)C)ccc1[N+](=O)[O-]. The van der Waals surface area contributed by atoms with Gasteiger partial charge >= 0.3 is 11.7 Å². The number of rotatable bonds is 6. The summed E-state index contributed by atoms with van der Waals surface area (Å²) in [7, 11) is 4.69. The van der Waals surface area contributed by atoms with Crippen LogP contribution in [0.1, 0.15) is 0 Å². The van der Waals surface area contributed by atoms with E-state index in [1.54, 1.807) is 26.2 Å². The van der Waals surface area contributed by atoms with E-state index in [0.717, 1.165) is 0 Å². The molecule has 0 aliphatic rings. The summed E-state index contributed by atoms with van der Waals surface area (Å²) in [6.45, 7) is 0.941. The lowest BCUT2D eigenvalue weighted by Crippen LogP contribution is -2.37. The zero-order valence-electron chi connectivity index (χ0n) is 11.7. The van der Waals surface area contributed by atoms with Crippen LogP contribution in [0.4, 0.5) is 16.2 Å². The minimum atomic E-state index is -0.500. The number of hydrogen-bond donors (Lipinski definition) is 2. The molecule has 2 amide bonds. The van der Waals surface area contributed by atoms with Crippen LogP contribution in [-0.4, -0.2) is 50.1 Å². The lowest BCUT2D eigenvalue weighted by Gasteiger charge is -2.13. The number of nitro benzene ring substituents is 1. The predicted molar refractivity (Wildman–Crippen MR) is 75.2 cm³/mol. The fraction of sp³-hybridized carbons (Fsp3) is 0.417. The van der Waals surface area contributed by atoms with Crippen molar-refractivity contribution in [1.29, 1.82) is 0 Å². The quantitative estimate of drug-likeness (QED) is 0.465. The van der Waals surface area contributed by atoms with Crippen LogP contribution in [0.3, 0.4) is 0 Å². The summed E-state index contributed by atoms with van der Waals surface area (Å²) in [6, 6.07) is 4.34. The van der Waals surface area contributed by atoms with Crippen molar-refractivity contribution < 1.29 is 14.5 Å². The molecule has 0 aromatic heterocycles. The average molecular weight is 282 g/mol. The van der Waals surface area contributed by atoms with E-state index in [9.17, 15) is 14.9 Å². The number of anilines is 1. The highest BCUT2D eigenvalue weighted by Crippen LogP contribution is 2.29. The largest absolute Gasteiger partial charge is 0.490 e. The number of amides is 2. The average Bonchev–Trinajstić information content (AvgIpc) is 2.42. The summed E-state index contributed by atoms with van der Waals surface area (Å²) >= 11 is 0. The Labute approximate surface area is 116 Å². The Bertz CT molecular complexity index is 490. The second-order valence-corrected chi connectivity index (χ2v) is 4.20. The molecule has 110 valence electrons. The van der Waals surface area contributed by atoms with Crippen LogP contribution in [0.15, 0.2) is 18.2 Å². The van der Waals surface area contributed by atoms with Crippen LogP contribution >= 0.6 is 0 Å². The maximum absolute atomic E-state index is 11.3. The van der Waals surface area contributed by atoms with Crippen molar-refractivity contribution in [2.45, 2.75) is 0 Å². The monoisotopic (exact) mass is 282 g/mol. The number of nitrogens with one attached hydrogen (secondary N) is 2. The molecule has 1 rings (SSSR count). The highest BCUT2D eigenvalue weighted by Gasteiger charge is 2.14. The van der Waals surface area contributed by atoms with Gasteiger partial charge in [-0.25, -0.2) is 4.79 Å². The molecule has 20 heavy (non-hydrogen) atoms. The molecule has 0 bridgehead atoms. The Morgan fingerprint density at radius 3 is 2.65 bits per heavy atom. The van der Waals surface area contributed by atoms with Crippen LogP contribution in [0, 0.1) is 10.1 Å². The van der Waals surface area contributed by atoms with Gasteiger partial charge in [0.1, 0.15) is 0 Å². The molecule has 1 aromatic carbocycles. The minimum Gasteiger partial charge on any atom is -0.490 e. The summed E-state index contributed by atoms with van der Waals surface area (Å²) in [5.74, 6) is 0.192. The third-order valence-corrected chi connectivity index (χ3v) is 2.51. The lowest BCUT2D eigenvalue weighted by atomic mass is 10.2. The number of hydrogen-bond acceptors (Lipinski definition) is 5. The maximum Gasteiger partial charge on any atom is 0.316 e. The van der Waals surface area contributed by atoms with Crippen molar-refractivity contribution >= 4 is 17.4 Å². The van der Waals surface area contributed by atoms with E-state index in [1.165, 1.54) is 18.1 Å². The number of nitro groups is 1. The molecule has 0 heterocycles. The van der Waals surface area contributed by atoms with Crippen LogP contribution in [0.2, 0.25) is 0 Å². The van der Waals surface area contributed by atoms with Crippen molar-refractivity contribution in [1.82, 2.24) is 10.2 Å². The van der Waals surface area contributed by atoms with Crippen molar-refractivity contribution in [2.75, 3.05) is 39.6 Å². The Hall–Kier alpha value is -2.51. The summed E-state index contributed by atoms with van der Waals surface area (Å²) in [5.41, 5.74) is 0.602. The third kappa shape index (κ3) is 4.30. The van der Waals surface area contributed by atoms with Crippen LogP contribution < -0.4 is 15.4 Å². The molecule has 0 saturated heterocycles. The van der Waals surface area contributed by atoms with Gasteiger partial charge in [0.25, 0.3) is 0 Å². The summed E-state index contributed by atoms with van der Waals surface area (Å²) in [5, 5.41) is 16.5. The Kier molecular flexibility index (Phi) is 5.57. The first-order chi connectivity index (χ1) is 9.45. The molecule has 0 unspecified atom stereocenters. The molecule has 2 N–H and O–H groups in total. The molecule has 0 aliphatic heterocycles. The fourth-order valence-electron chi connectivity index (χ4n) is 1.47. The van der Waals surface area contributed by atoms with Crippen LogP contribution in [-0.2, 0) is 0 Å². The summed E-state index contributed by atoms with van der Waals surface area (Å²) < 4.78 is 4.97. The molecule has 0 aliphatic carbocycles. The molecule has 1 aromatic rings. The molecule has 8 heteroatoms. The van der Waals surface area contributed by atoms with E-state index >= 15 is 0 Å². The number of benzene rings is 1. The zero-order chi connectivity index (χ0) is 15.1. The number of carbonyl (C=O) groups excluding carboxylic acids is 1. The van der Waals surface area contributed by atoms with Gasteiger partial charge in [0.15, 0.2) is 5.75 Å². The van der Waals surface area contributed by atoms with Crippen molar-refractivity contribution in [3.05, 3.63) is 28.3 Å². The van der Waals surface area contributed by atoms with Gasteiger partial charge in [-0.3, -0.25) is 10.1 Å². The highest BCUT2D eigenvalue weighted by molar-refractivity contribution is 5.73. The standard InChI is InChI=1S/C12H18N4O4/c1-15(2)12(17)14-7-6-13-9-4-5-10(16(18)19)11(8-9)20-3/h4-5,8,13H,6-7H2,1-3H3,(H,14,17). The molecule has 8 nitrogen and oxygen atoms in total. The van der Waals surface area contributed by atoms with Crippen molar-refractivity contribution in [3.8, 4) is 5.75 Å². The Morgan fingerprint density at radius 2 is 2.10 bits per heavy atom. The number of methoxy groups -OCH3 is 1. The molecule has 0 atom stereocenters. The second-order valence-electron chi connectivity index (χ2n) is 4.20. The smallest absolute Gasteiger partial charge is 0.316 e. The van der Waals surface area contributed by atoms with Gasteiger partial charge in [0.05, 0.1) is 12.0 Å². The van der Waals surface area contributed by atoms with E-state index in [0.29, 0.717) is 18.8 Å². The van der Waals surface area contributed by atoms with Crippen LogP contribution in [0.25, 0.3) is 0 Å². The fourth-order valence-corrected chi connectivity index (χ4v) is 1.47. The van der Waals surface area contributed by atoms with Gasteiger partial charge < -0.3 is 20.3 Å². The van der Waals surface area contributed by atoms with Gasteiger partial charge in [0, 0.05) is 45.0 Å². The molecular formula is C12H18N4O4.